The van der Waals surface area contributed by atoms with Crippen LogP contribution in [0.3, 0.4) is 0 Å². The number of thiocarbonyl (C=S) groups is 1. The van der Waals surface area contributed by atoms with Crippen molar-refractivity contribution in [1.29, 1.82) is 0 Å². The summed E-state index contributed by atoms with van der Waals surface area (Å²) in [4.78, 5) is 5.47. The van der Waals surface area contributed by atoms with Crippen LogP contribution in [0.25, 0.3) is 0 Å². The number of furan rings is 1. The van der Waals surface area contributed by atoms with E-state index in [4.69, 9.17) is 26.2 Å². The number of hydrogen-bond acceptors (Lipinski definition) is 5. The summed E-state index contributed by atoms with van der Waals surface area (Å²) in [5.74, 6) is 1.66. The van der Waals surface area contributed by atoms with Gasteiger partial charge in [-0.3, -0.25) is 0 Å². The Morgan fingerprint density at radius 1 is 1.29 bits per heavy atom. The van der Waals surface area contributed by atoms with E-state index < -0.39 is 0 Å². The molecule has 2 aromatic rings. The standard InChI is InChI=1S/C17H19N3O3S/c1-21-13-6-4-12(5-7-13)16-9-15(23-20-16)11-19-17(24)18-10-14-3-2-8-22-14/h2-8,15H,9-11H2,1H3,(H2,18,19,24). The highest BCUT2D eigenvalue weighted by Gasteiger charge is 2.22. The molecule has 7 heteroatoms. The minimum Gasteiger partial charge on any atom is -0.497 e. The Hall–Kier alpha value is -2.54. The lowest BCUT2D eigenvalue weighted by molar-refractivity contribution is 0.0885. The summed E-state index contributed by atoms with van der Waals surface area (Å²) in [6.45, 7) is 1.14. The van der Waals surface area contributed by atoms with E-state index in [0.717, 1.165) is 29.2 Å². The van der Waals surface area contributed by atoms with Crippen LogP contribution in [0.1, 0.15) is 17.7 Å². The fourth-order valence-electron chi connectivity index (χ4n) is 2.34. The predicted octanol–water partition coefficient (Wildman–Crippen LogP) is 2.45. The summed E-state index contributed by atoms with van der Waals surface area (Å²) >= 11 is 5.24. The van der Waals surface area contributed by atoms with E-state index in [1.54, 1.807) is 13.4 Å². The second kappa shape index (κ2) is 7.83. The third kappa shape index (κ3) is 4.26. The van der Waals surface area contributed by atoms with Gasteiger partial charge in [-0.15, -0.1) is 0 Å². The fraction of sp³-hybridized carbons (Fsp3) is 0.294. The van der Waals surface area contributed by atoms with E-state index in [2.05, 4.69) is 15.8 Å². The van der Waals surface area contributed by atoms with Gasteiger partial charge in [-0.25, -0.2) is 0 Å². The zero-order valence-corrected chi connectivity index (χ0v) is 14.1. The SMILES string of the molecule is COc1ccc(C2=NOC(CNC(=S)NCc3ccco3)C2)cc1. The van der Waals surface area contributed by atoms with Crippen molar-refractivity contribution in [3.8, 4) is 5.75 Å². The molecule has 0 spiro atoms. The Morgan fingerprint density at radius 2 is 2.12 bits per heavy atom. The maximum absolute atomic E-state index is 5.47. The average molecular weight is 345 g/mol. The first-order valence-electron chi connectivity index (χ1n) is 7.66. The van der Waals surface area contributed by atoms with Gasteiger partial charge in [0.15, 0.2) is 5.11 Å². The van der Waals surface area contributed by atoms with Crippen molar-refractivity contribution in [3.05, 3.63) is 54.0 Å². The normalized spacial score (nSPS) is 16.2. The Bertz CT molecular complexity index is 698. The van der Waals surface area contributed by atoms with E-state index in [1.807, 2.05) is 36.4 Å². The molecule has 1 aromatic carbocycles. The lowest BCUT2D eigenvalue weighted by atomic mass is 10.0. The van der Waals surface area contributed by atoms with Crippen molar-refractivity contribution in [3.63, 3.8) is 0 Å². The van der Waals surface area contributed by atoms with Gasteiger partial charge in [0, 0.05) is 6.42 Å². The summed E-state index contributed by atoms with van der Waals surface area (Å²) in [6, 6.07) is 11.5. The molecule has 0 fully saturated rings. The van der Waals surface area contributed by atoms with E-state index in [9.17, 15) is 0 Å². The van der Waals surface area contributed by atoms with Gasteiger partial charge >= 0.3 is 0 Å². The number of methoxy groups -OCH3 is 1. The van der Waals surface area contributed by atoms with Crippen molar-refractivity contribution in [2.75, 3.05) is 13.7 Å². The molecular weight excluding hydrogens is 326 g/mol. The first-order chi connectivity index (χ1) is 11.7. The molecule has 0 amide bonds. The highest BCUT2D eigenvalue weighted by molar-refractivity contribution is 7.80. The molecular formula is C17H19N3O3S. The Morgan fingerprint density at radius 3 is 2.83 bits per heavy atom. The van der Waals surface area contributed by atoms with Gasteiger partial charge in [0.2, 0.25) is 0 Å². The number of nitrogens with zero attached hydrogens (tertiary/aromatic N) is 1. The van der Waals surface area contributed by atoms with Crippen LogP contribution in [0.15, 0.2) is 52.2 Å². The number of hydrogen-bond donors (Lipinski definition) is 2. The van der Waals surface area contributed by atoms with Crippen LogP contribution in [0.2, 0.25) is 0 Å². The van der Waals surface area contributed by atoms with Gasteiger partial charge in [0.05, 0.1) is 32.2 Å². The van der Waals surface area contributed by atoms with Crippen LogP contribution >= 0.6 is 12.2 Å². The van der Waals surface area contributed by atoms with Crippen LogP contribution in [0.5, 0.6) is 5.75 Å². The summed E-state index contributed by atoms with van der Waals surface area (Å²) in [7, 11) is 1.65. The predicted molar refractivity (Wildman–Crippen MR) is 95.2 cm³/mol. The average Bonchev–Trinajstić information content (AvgIpc) is 3.30. The molecule has 24 heavy (non-hydrogen) atoms. The summed E-state index contributed by atoms with van der Waals surface area (Å²) in [5, 5.41) is 10.9. The topological polar surface area (TPSA) is 68.0 Å². The second-order valence-electron chi connectivity index (χ2n) is 5.34. The molecule has 0 bridgehead atoms. The number of benzene rings is 1. The maximum atomic E-state index is 5.47. The molecule has 0 saturated carbocycles. The van der Waals surface area contributed by atoms with E-state index in [-0.39, 0.29) is 6.10 Å². The van der Waals surface area contributed by atoms with Crippen LogP contribution in [0.4, 0.5) is 0 Å². The van der Waals surface area contributed by atoms with Crippen LogP contribution in [0, 0.1) is 0 Å². The molecule has 1 aliphatic heterocycles. The lowest BCUT2D eigenvalue weighted by Gasteiger charge is -2.12. The van der Waals surface area contributed by atoms with Gasteiger partial charge in [-0.05, 0) is 54.2 Å². The molecule has 1 unspecified atom stereocenters. The molecule has 2 heterocycles. The van der Waals surface area contributed by atoms with Crippen LogP contribution in [-0.2, 0) is 11.4 Å². The highest BCUT2D eigenvalue weighted by atomic mass is 32.1. The lowest BCUT2D eigenvalue weighted by Crippen LogP contribution is -2.39. The van der Waals surface area contributed by atoms with E-state index in [1.165, 1.54) is 0 Å². The second-order valence-corrected chi connectivity index (χ2v) is 5.75. The highest BCUT2D eigenvalue weighted by Crippen LogP contribution is 2.19. The zero-order valence-electron chi connectivity index (χ0n) is 13.3. The molecule has 0 radical (unpaired) electrons. The first kappa shape index (κ1) is 16.3. The van der Waals surface area contributed by atoms with E-state index in [0.29, 0.717) is 18.2 Å². The molecule has 1 aliphatic rings. The van der Waals surface area contributed by atoms with Crippen molar-refractivity contribution >= 4 is 23.0 Å². The van der Waals surface area contributed by atoms with Crippen molar-refractivity contribution in [1.82, 2.24) is 10.6 Å². The molecule has 126 valence electrons. The van der Waals surface area contributed by atoms with Crippen LogP contribution < -0.4 is 15.4 Å². The largest absolute Gasteiger partial charge is 0.497 e. The van der Waals surface area contributed by atoms with Crippen molar-refractivity contribution in [2.45, 2.75) is 19.1 Å². The first-order valence-corrected chi connectivity index (χ1v) is 8.06. The number of oxime groups is 1. The van der Waals surface area contributed by atoms with Gasteiger partial charge in [-0.1, -0.05) is 5.16 Å². The third-order valence-electron chi connectivity index (χ3n) is 3.65. The van der Waals surface area contributed by atoms with Gasteiger partial charge in [0.25, 0.3) is 0 Å². The van der Waals surface area contributed by atoms with Crippen molar-refractivity contribution < 1.29 is 14.0 Å². The fourth-order valence-corrected chi connectivity index (χ4v) is 2.50. The molecule has 1 aromatic heterocycles. The maximum Gasteiger partial charge on any atom is 0.166 e. The minimum absolute atomic E-state index is 0.0366. The summed E-state index contributed by atoms with van der Waals surface area (Å²) < 4.78 is 10.4. The van der Waals surface area contributed by atoms with Gasteiger partial charge < -0.3 is 24.6 Å². The Kier molecular flexibility index (Phi) is 5.32. The molecule has 3 rings (SSSR count). The smallest absolute Gasteiger partial charge is 0.166 e. The molecule has 0 saturated heterocycles. The summed E-state index contributed by atoms with van der Waals surface area (Å²) in [6.07, 6.45) is 2.34. The summed E-state index contributed by atoms with van der Waals surface area (Å²) in [5.41, 5.74) is 1.97. The minimum atomic E-state index is -0.0366. The molecule has 6 nitrogen and oxygen atoms in total. The third-order valence-corrected chi connectivity index (χ3v) is 3.94. The molecule has 0 aliphatic carbocycles. The van der Waals surface area contributed by atoms with Gasteiger partial charge in [0.1, 0.15) is 17.6 Å². The molecule has 1 atom stereocenters. The molecule has 2 N–H and O–H groups in total. The Balaban J connectivity index is 1.41. The van der Waals surface area contributed by atoms with Crippen molar-refractivity contribution in [2.24, 2.45) is 5.16 Å². The van der Waals surface area contributed by atoms with Crippen LogP contribution in [-0.4, -0.2) is 30.6 Å². The van der Waals surface area contributed by atoms with E-state index >= 15 is 0 Å². The Labute approximate surface area is 145 Å². The zero-order chi connectivity index (χ0) is 16.8. The van der Waals surface area contributed by atoms with Gasteiger partial charge in [-0.2, -0.15) is 0 Å². The monoisotopic (exact) mass is 345 g/mol. The number of ether oxygens (including phenoxy) is 1. The number of nitrogens with one attached hydrogen (secondary N) is 2. The quantitative estimate of drug-likeness (QED) is 0.784. The number of rotatable bonds is 6.